The van der Waals surface area contributed by atoms with Gasteiger partial charge < -0.3 is 0 Å². The fourth-order valence-electron chi connectivity index (χ4n) is 0.0885. The summed E-state index contributed by atoms with van der Waals surface area (Å²) >= 11 is 0. The lowest BCUT2D eigenvalue weighted by atomic mass is 11.6. The van der Waals surface area contributed by atoms with Gasteiger partial charge in [-0.25, -0.2) is 0 Å². The summed E-state index contributed by atoms with van der Waals surface area (Å²) in [5, 5.41) is 0. The summed E-state index contributed by atoms with van der Waals surface area (Å²) in [4.78, 5) is 7.62. The molecule has 0 saturated carbocycles. The summed E-state index contributed by atoms with van der Waals surface area (Å²) in [5.41, 5.74) is -5.64. The molecule has 0 heterocycles. The lowest BCUT2D eigenvalue weighted by molar-refractivity contribution is -0.0414. The van der Waals surface area contributed by atoms with Crippen molar-refractivity contribution in [2.24, 2.45) is 0 Å². The van der Waals surface area contributed by atoms with Crippen molar-refractivity contribution in [3.8, 4) is 0 Å². The molecular formula is CHF3O4PS+. The maximum atomic E-state index is 11.2. The van der Waals surface area contributed by atoms with Crippen molar-refractivity contribution >= 4 is 16.7 Å². The zero-order valence-electron chi connectivity index (χ0n) is 4.16. The molecule has 9 heteroatoms. The maximum absolute atomic E-state index is 11.2. The van der Waals surface area contributed by atoms with E-state index in [0.29, 0.717) is 0 Å². The number of halogens is 3. The Labute approximate surface area is 54.2 Å². The molecule has 0 rings (SSSR count). The Bertz CT molecular complexity index is 238. The van der Waals surface area contributed by atoms with Gasteiger partial charge >= 0.3 is 22.2 Å². The van der Waals surface area contributed by atoms with Gasteiger partial charge in [0.15, 0.2) is 0 Å². The molecule has 0 amide bonds. The van der Waals surface area contributed by atoms with Gasteiger partial charge in [0.2, 0.25) is 0 Å². The molecule has 0 aliphatic carbocycles. The zero-order chi connectivity index (χ0) is 8.58. The van der Waals surface area contributed by atoms with Gasteiger partial charge in [-0.1, -0.05) is 0 Å². The van der Waals surface area contributed by atoms with Crippen LogP contribution in [-0.4, -0.2) is 18.8 Å². The van der Waals surface area contributed by atoms with Crippen LogP contribution in [0.3, 0.4) is 0 Å². The largest absolute Gasteiger partial charge is 0.647 e. The van der Waals surface area contributed by atoms with Gasteiger partial charge in [0, 0.05) is 0 Å². The quantitative estimate of drug-likeness (QED) is 0.623. The topological polar surface area (TPSA) is 71.4 Å². The third-order valence-electron chi connectivity index (χ3n) is 0.498. The van der Waals surface area contributed by atoms with Crippen molar-refractivity contribution in [2.75, 3.05) is 0 Å². The lowest BCUT2D eigenvalue weighted by Crippen LogP contribution is -2.18. The summed E-state index contributed by atoms with van der Waals surface area (Å²) in [6, 6.07) is 0. The minimum Gasteiger partial charge on any atom is -0.166 e. The number of rotatable bonds is 1. The number of alkyl halides is 3. The van der Waals surface area contributed by atoms with Gasteiger partial charge in [-0.05, 0) is 4.57 Å². The zero-order valence-corrected chi connectivity index (χ0v) is 5.87. The van der Waals surface area contributed by atoms with Crippen LogP contribution in [-0.2, 0) is 14.0 Å². The SMILES string of the molecule is O=[P+](O)S(=O)(=O)C(F)(F)F. The van der Waals surface area contributed by atoms with Crippen LogP contribution in [0.1, 0.15) is 0 Å². The van der Waals surface area contributed by atoms with Crippen LogP contribution in [0.5, 0.6) is 0 Å². The van der Waals surface area contributed by atoms with Crippen LogP contribution in [0.2, 0.25) is 0 Å². The van der Waals surface area contributed by atoms with Crippen molar-refractivity contribution in [1.29, 1.82) is 0 Å². The highest BCUT2D eigenvalue weighted by Gasteiger charge is 2.60. The van der Waals surface area contributed by atoms with Crippen LogP contribution in [0.15, 0.2) is 0 Å². The van der Waals surface area contributed by atoms with Gasteiger partial charge in [0.1, 0.15) is 0 Å². The van der Waals surface area contributed by atoms with Crippen molar-refractivity contribution in [3.05, 3.63) is 0 Å². The van der Waals surface area contributed by atoms with E-state index in [1.165, 1.54) is 0 Å². The molecule has 1 N–H and O–H groups in total. The Morgan fingerprint density at radius 3 is 1.60 bits per heavy atom. The van der Waals surface area contributed by atoms with E-state index in [1.54, 1.807) is 0 Å². The third kappa shape index (κ3) is 1.65. The second-order valence-electron chi connectivity index (χ2n) is 1.16. The van der Waals surface area contributed by atoms with Crippen LogP contribution in [0.4, 0.5) is 13.2 Å². The molecular weight excluding hydrogens is 196 g/mol. The molecule has 0 bridgehead atoms. The van der Waals surface area contributed by atoms with Crippen molar-refractivity contribution in [2.45, 2.75) is 5.51 Å². The first kappa shape index (κ1) is 9.80. The fourth-order valence-corrected chi connectivity index (χ4v) is 0.797. The molecule has 0 aromatic rings. The summed E-state index contributed by atoms with van der Waals surface area (Å²) in [6.45, 7) is 0. The summed E-state index contributed by atoms with van der Waals surface area (Å²) in [5.74, 6) is 0. The first-order chi connectivity index (χ1) is 4.19. The first-order valence-corrected chi connectivity index (χ1v) is 4.97. The Hall–Kier alpha value is -0.200. The summed E-state index contributed by atoms with van der Waals surface area (Å²) in [6.07, 6.45) is 0. The highest BCUT2D eigenvalue weighted by atomic mass is 32.8. The number of hydrogen-bond donors (Lipinski definition) is 1. The lowest BCUT2D eigenvalue weighted by Gasteiger charge is -1.93. The average Bonchev–Trinajstić information content (AvgIpc) is 1.62. The minimum absolute atomic E-state index is 4.23. The summed E-state index contributed by atoms with van der Waals surface area (Å²) in [7, 11) is -10.1. The standard InChI is InChI=1S/CF3O4PS/c2-1(3,4)10(7,8)9(5)6/p+1. The van der Waals surface area contributed by atoms with Crippen LogP contribution in [0.25, 0.3) is 0 Å². The molecule has 1 atom stereocenters. The van der Waals surface area contributed by atoms with Crippen molar-refractivity contribution in [1.82, 2.24) is 0 Å². The smallest absolute Gasteiger partial charge is 0.166 e. The molecule has 0 aliphatic heterocycles. The molecule has 0 fully saturated rings. The second-order valence-corrected chi connectivity index (χ2v) is 5.43. The molecule has 0 aliphatic rings. The van der Waals surface area contributed by atoms with Gasteiger partial charge in [-0.2, -0.15) is 21.6 Å². The van der Waals surface area contributed by atoms with E-state index >= 15 is 0 Å². The van der Waals surface area contributed by atoms with Gasteiger partial charge in [0.05, 0.1) is 0 Å². The molecule has 0 radical (unpaired) electrons. The van der Waals surface area contributed by atoms with E-state index in [1.807, 2.05) is 0 Å². The Morgan fingerprint density at radius 1 is 1.30 bits per heavy atom. The van der Waals surface area contributed by atoms with E-state index < -0.39 is 22.2 Å². The van der Waals surface area contributed by atoms with Crippen LogP contribution < -0.4 is 0 Å². The Morgan fingerprint density at radius 2 is 1.60 bits per heavy atom. The molecule has 0 spiro atoms. The summed E-state index contributed by atoms with van der Waals surface area (Å²) < 4.78 is 62.4. The third-order valence-corrected chi connectivity index (χ3v) is 3.35. The molecule has 0 aromatic heterocycles. The predicted molar refractivity (Wildman–Crippen MR) is 24.8 cm³/mol. The maximum Gasteiger partial charge on any atom is 0.647 e. The fraction of sp³-hybridized carbons (Fsp3) is 1.00. The van der Waals surface area contributed by atoms with E-state index in [-0.39, 0.29) is 0 Å². The van der Waals surface area contributed by atoms with E-state index in [9.17, 15) is 26.2 Å². The normalized spacial score (nSPS) is 15.0. The van der Waals surface area contributed by atoms with E-state index in [2.05, 4.69) is 0 Å². The highest BCUT2D eigenvalue weighted by molar-refractivity contribution is 8.44. The van der Waals surface area contributed by atoms with Crippen molar-refractivity contribution < 1.29 is 31.0 Å². The van der Waals surface area contributed by atoms with Crippen LogP contribution >= 0.6 is 7.23 Å². The molecule has 1 unspecified atom stereocenters. The Kier molecular flexibility index (Phi) is 2.40. The highest BCUT2D eigenvalue weighted by Crippen LogP contribution is 2.38. The minimum atomic E-state index is -5.85. The Balaban J connectivity index is 4.98. The van der Waals surface area contributed by atoms with Gasteiger partial charge in [-0.3, -0.25) is 0 Å². The second kappa shape index (κ2) is 2.44. The van der Waals surface area contributed by atoms with Gasteiger partial charge in [-0.15, -0.1) is 4.89 Å². The first-order valence-electron chi connectivity index (χ1n) is 1.67. The molecule has 10 heavy (non-hydrogen) atoms. The molecule has 0 saturated heterocycles. The van der Waals surface area contributed by atoms with E-state index in [0.717, 1.165) is 0 Å². The van der Waals surface area contributed by atoms with Crippen molar-refractivity contribution in [3.63, 3.8) is 0 Å². The molecule has 0 aromatic carbocycles. The predicted octanol–water partition coefficient (Wildman–Crippen LogP) is 0.571. The number of hydrogen-bond acceptors (Lipinski definition) is 3. The molecule has 60 valence electrons. The molecule has 4 nitrogen and oxygen atoms in total. The monoisotopic (exact) mass is 197 g/mol. The van der Waals surface area contributed by atoms with Gasteiger partial charge in [0.25, 0.3) is 0 Å². The average molecular weight is 197 g/mol. The van der Waals surface area contributed by atoms with Crippen LogP contribution in [0, 0.1) is 0 Å². The van der Waals surface area contributed by atoms with E-state index in [4.69, 9.17) is 4.89 Å².